The minimum atomic E-state index is -0.602. The number of fused-ring (bicyclic) bond motifs is 1. The second-order valence-corrected chi connectivity index (χ2v) is 7.32. The van der Waals surface area contributed by atoms with Gasteiger partial charge in [-0.15, -0.1) is 11.8 Å². The molecule has 2 heterocycles. The van der Waals surface area contributed by atoms with E-state index in [4.69, 9.17) is 4.74 Å². The van der Waals surface area contributed by atoms with Gasteiger partial charge in [0.15, 0.2) is 0 Å². The summed E-state index contributed by atoms with van der Waals surface area (Å²) >= 11 is 1.35. The van der Waals surface area contributed by atoms with Crippen molar-refractivity contribution in [3.8, 4) is 5.75 Å². The molecule has 4 rings (SSSR count). The van der Waals surface area contributed by atoms with Gasteiger partial charge in [0.2, 0.25) is 0 Å². The van der Waals surface area contributed by atoms with E-state index in [9.17, 15) is 14.0 Å². The summed E-state index contributed by atoms with van der Waals surface area (Å²) in [6.45, 7) is 0.292. The summed E-state index contributed by atoms with van der Waals surface area (Å²) in [7, 11) is 1.58. The van der Waals surface area contributed by atoms with Crippen LogP contribution in [0.5, 0.6) is 5.75 Å². The molecule has 0 saturated carbocycles. The summed E-state index contributed by atoms with van der Waals surface area (Å²) in [6, 6.07) is 12.3. The van der Waals surface area contributed by atoms with Crippen molar-refractivity contribution in [2.24, 2.45) is 0 Å². The van der Waals surface area contributed by atoms with Gasteiger partial charge in [0.05, 0.1) is 18.8 Å². The molecule has 2 unspecified atom stereocenters. The van der Waals surface area contributed by atoms with Crippen LogP contribution in [0.3, 0.4) is 0 Å². The van der Waals surface area contributed by atoms with Gasteiger partial charge in [-0.25, -0.2) is 14.1 Å². The zero-order valence-corrected chi connectivity index (χ0v) is 15.4. The molecule has 2 atom stereocenters. The van der Waals surface area contributed by atoms with Gasteiger partial charge in [-0.1, -0.05) is 30.3 Å². The average molecular weight is 384 g/mol. The number of amides is 3. The number of carbonyl (C=O) groups excluding carboxylic acids is 2. The van der Waals surface area contributed by atoms with E-state index in [1.807, 2.05) is 35.7 Å². The van der Waals surface area contributed by atoms with E-state index >= 15 is 0 Å². The van der Waals surface area contributed by atoms with E-state index < -0.39 is 23.0 Å². The van der Waals surface area contributed by atoms with Crippen molar-refractivity contribution in [3.63, 3.8) is 0 Å². The van der Waals surface area contributed by atoms with Crippen LogP contribution in [-0.2, 0) is 11.3 Å². The Hall–Kier alpha value is -2.80. The van der Waals surface area contributed by atoms with Crippen LogP contribution in [0.2, 0.25) is 0 Å². The lowest BCUT2D eigenvalue weighted by molar-refractivity contribution is -0.119. The van der Waals surface area contributed by atoms with Crippen LogP contribution in [0.4, 0.5) is 14.9 Å². The molecule has 2 aromatic carbocycles. The van der Waals surface area contributed by atoms with E-state index in [-0.39, 0.29) is 11.7 Å². The number of imide groups is 1. The Labute approximate surface area is 160 Å². The first-order valence-electron chi connectivity index (χ1n) is 8.44. The topological polar surface area (TPSA) is 49.9 Å². The first-order valence-corrected chi connectivity index (χ1v) is 9.38. The highest BCUT2D eigenvalue weighted by molar-refractivity contribution is 8.03. The molecule has 0 aromatic heterocycles. The molecular weight excluding hydrogens is 367 g/mol. The Morgan fingerprint density at radius 3 is 2.74 bits per heavy atom. The number of para-hydroxylation sites is 1. The number of hydrogen-bond acceptors (Lipinski definition) is 4. The molecule has 138 valence electrons. The van der Waals surface area contributed by atoms with Crippen LogP contribution < -0.4 is 9.64 Å². The number of anilines is 1. The van der Waals surface area contributed by atoms with Gasteiger partial charge < -0.3 is 9.64 Å². The molecule has 2 aliphatic heterocycles. The number of rotatable bonds is 4. The van der Waals surface area contributed by atoms with E-state index in [1.54, 1.807) is 18.1 Å². The Bertz CT molecular complexity index is 933. The van der Waals surface area contributed by atoms with Gasteiger partial charge in [0.1, 0.15) is 16.8 Å². The van der Waals surface area contributed by atoms with E-state index in [0.29, 0.717) is 12.3 Å². The Kier molecular flexibility index (Phi) is 4.61. The van der Waals surface area contributed by atoms with Crippen LogP contribution in [0.25, 0.3) is 0 Å². The normalized spacial score (nSPS) is 21.6. The number of methoxy groups -OCH3 is 1. The van der Waals surface area contributed by atoms with Crippen LogP contribution >= 0.6 is 11.8 Å². The number of halogens is 1. The van der Waals surface area contributed by atoms with Crippen molar-refractivity contribution in [1.29, 1.82) is 0 Å². The predicted octanol–water partition coefficient (Wildman–Crippen LogP) is 3.80. The number of hydrogen-bond donors (Lipinski definition) is 0. The monoisotopic (exact) mass is 384 g/mol. The van der Waals surface area contributed by atoms with Crippen molar-refractivity contribution in [3.05, 3.63) is 71.4 Å². The highest BCUT2D eigenvalue weighted by atomic mass is 32.2. The highest BCUT2D eigenvalue weighted by Gasteiger charge is 2.48. The lowest BCUT2D eigenvalue weighted by atomic mass is 10.1. The molecule has 0 spiro atoms. The van der Waals surface area contributed by atoms with E-state index in [0.717, 1.165) is 10.5 Å². The Morgan fingerprint density at radius 2 is 1.96 bits per heavy atom. The first kappa shape index (κ1) is 17.6. The molecular formula is C20H17FN2O3S. The molecule has 1 saturated heterocycles. The van der Waals surface area contributed by atoms with Crippen molar-refractivity contribution in [2.75, 3.05) is 12.0 Å². The molecule has 3 amide bonds. The van der Waals surface area contributed by atoms with Gasteiger partial charge in [-0.3, -0.25) is 4.79 Å². The third kappa shape index (κ3) is 3.08. The first-order chi connectivity index (χ1) is 13.1. The Morgan fingerprint density at radius 1 is 1.15 bits per heavy atom. The SMILES string of the molecule is COc1cccc(CN2C(=O)N(c3ccccc3F)C(=O)C3SC=CC32)c1. The lowest BCUT2D eigenvalue weighted by Gasteiger charge is -2.41. The third-order valence-electron chi connectivity index (χ3n) is 4.65. The molecule has 0 bridgehead atoms. The quantitative estimate of drug-likeness (QED) is 0.805. The molecule has 0 N–H and O–H groups in total. The van der Waals surface area contributed by atoms with Crippen LogP contribution in [-0.4, -0.2) is 35.2 Å². The van der Waals surface area contributed by atoms with Gasteiger partial charge in [0, 0.05) is 6.54 Å². The molecule has 7 heteroatoms. The summed E-state index contributed by atoms with van der Waals surface area (Å²) in [5.41, 5.74) is 0.851. The van der Waals surface area contributed by atoms with Gasteiger partial charge in [-0.05, 0) is 35.2 Å². The third-order valence-corrected chi connectivity index (χ3v) is 5.74. The molecule has 1 fully saturated rings. The summed E-state index contributed by atoms with van der Waals surface area (Å²) in [4.78, 5) is 28.6. The lowest BCUT2D eigenvalue weighted by Crippen LogP contribution is -2.61. The standard InChI is InChI=1S/C20H17FN2O3S/c1-26-14-6-4-5-13(11-14)12-22-17-9-10-27-18(17)19(24)23(20(22)25)16-8-3-2-7-15(16)21/h2-11,17-18H,12H2,1H3. The largest absolute Gasteiger partial charge is 0.497 e. The highest BCUT2D eigenvalue weighted by Crippen LogP contribution is 2.37. The molecule has 5 nitrogen and oxygen atoms in total. The maximum absolute atomic E-state index is 14.3. The summed E-state index contributed by atoms with van der Waals surface area (Å²) in [6.07, 6.45) is 1.85. The number of thioether (sulfide) groups is 1. The van der Waals surface area contributed by atoms with Crippen LogP contribution in [0.15, 0.2) is 60.0 Å². The molecule has 2 aromatic rings. The zero-order valence-electron chi connectivity index (χ0n) is 14.5. The zero-order chi connectivity index (χ0) is 19.0. The smallest absolute Gasteiger partial charge is 0.332 e. The number of urea groups is 1. The van der Waals surface area contributed by atoms with Crippen molar-refractivity contribution >= 4 is 29.4 Å². The fraction of sp³-hybridized carbons (Fsp3) is 0.200. The summed E-state index contributed by atoms with van der Waals surface area (Å²) < 4.78 is 19.6. The summed E-state index contributed by atoms with van der Waals surface area (Å²) in [5, 5.41) is 1.34. The number of carbonyl (C=O) groups is 2. The van der Waals surface area contributed by atoms with Crippen LogP contribution in [0.1, 0.15) is 5.56 Å². The second-order valence-electron chi connectivity index (χ2n) is 6.26. The maximum atomic E-state index is 14.3. The fourth-order valence-corrected chi connectivity index (χ4v) is 4.38. The van der Waals surface area contributed by atoms with Gasteiger partial charge >= 0.3 is 6.03 Å². The second kappa shape index (κ2) is 7.08. The molecule has 27 heavy (non-hydrogen) atoms. The average Bonchev–Trinajstić information content (AvgIpc) is 3.17. The minimum absolute atomic E-state index is 0.0194. The van der Waals surface area contributed by atoms with Crippen molar-refractivity contribution < 1.29 is 18.7 Å². The molecule has 0 aliphatic carbocycles. The maximum Gasteiger partial charge on any atom is 0.332 e. The van der Waals surface area contributed by atoms with E-state index in [2.05, 4.69) is 0 Å². The van der Waals surface area contributed by atoms with Crippen molar-refractivity contribution in [1.82, 2.24) is 4.90 Å². The molecule has 0 radical (unpaired) electrons. The van der Waals surface area contributed by atoms with Gasteiger partial charge in [0.25, 0.3) is 5.91 Å². The van der Waals surface area contributed by atoms with E-state index in [1.165, 1.54) is 30.0 Å². The number of benzene rings is 2. The van der Waals surface area contributed by atoms with Crippen molar-refractivity contribution in [2.45, 2.75) is 17.8 Å². The summed E-state index contributed by atoms with van der Waals surface area (Å²) in [5.74, 6) is -0.311. The number of nitrogens with zero attached hydrogens (tertiary/aromatic N) is 2. The minimum Gasteiger partial charge on any atom is -0.497 e. The Balaban J connectivity index is 1.71. The predicted molar refractivity (Wildman–Crippen MR) is 102 cm³/mol. The number of ether oxygens (including phenoxy) is 1. The molecule has 2 aliphatic rings. The van der Waals surface area contributed by atoms with Crippen LogP contribution in [0, 0.1) is 5.82 Å². The van der Waals surface area contributed by atoms with Gasteiger partial charge in [-0.2, -0.15) is 0 Å². The fourth-order valence-electron chi connectivity index (χ4n) is 3.34.